The lowest BCUT2D eigenvalue weighted by Gasteiger charge is -2.41. The monoisotopic (exact) mass is 410 g/mol. The highest BCUT2D eigenvalue weighted by Crippen LogP contribution is 2.19. The normalized spacial score (nSPS) is 18.2. The summed E-state index contributed by atoms with van der Waals surface area (Å²) >= 11 is 6.10. The van der Waals surface area contributed by atoms with Crippen LogP contribution in [-0.4, -0.2) is 57.0 Å². The Bertz CT molecular complexity index is 914. The standard InChI is InChI=1S/C23H27ClN4O/c24-21-7-4-8-22(13-21)28-17-20(14-25-28)15-26-10-11-27(23(18-26)9-12-29)16-19-5-2-1-3-6-19/h1-8,13-14,17,23,29H,9-12,15-16,18H2/t23-/m1/s1. The highest BCUT2D eigenvalue weighted by molar-refractivity contribution is 6.30. The van der Waals surface area contributed by atoms with E-state index in [-0.39, 0.29) is 6.61 Å². The lowest BCUT2D eigenvalue weighted by atomic mass is 10.1. The van der Waals surface area contributed by atoms with Crippen LogP contribution in [0.15, 0.2) is 67.0 Å². The predicted octanol–water partition coefficient (Wildman–Crippen LogP) is 3.59. The average molecular weight is 411 g/mol. The minimum Gasteiger partial charge on any atom is -0.396 e. The first-order valence-corrected chi connectivity index (χ1v) is 10.5. The molecule has 6 heteroatoms. The lowest BCUT2D eigenvalue weighted by Crippen LogP contribution is -2.52. The zero-order valence-corrected chi connectivity index (χ0v) is 17.2. The fourth-order valence-corrected chi connectivity index (χ4v) is 4.19. The van der Waals surface area contributed by atoms with Crippen LogP contribution in [-0.2, 0) is 13.1 Å². The van der Waals surface area contributed by atoms with Gasteiger partial charge in [-0.25, -0.2) is 4.68 Å². The Kier molecular flexibility index (Phi) is 6.62. The van der Waals surface area contributed by atoms with E-state index in [2.05, 4.69) is 51.4 Å². The Hall–Kier alpha value is -2.18. The molecule has 1 aliphatic heterocycles. The summed E-state index contributed by atoms with van der Waals surface area (Å²) in [7, 11) is 0. The molecule has 5 nitrogen and oxygen atoms in total. The van der Waals surface area contributed by atoms with Gasteiger partial charge in [0.1, 0.15) is 0 Å². The van der Waals surface area contributed by atoms with Crippen LogP contribution in [0.2, 0.25) is 5.02 Å². The Morgan fingerprint density at radius 1 is 1.00 bits per heavy atom. The number of halogens is 1. The molecule has 1 aromatic heterocycles. The number of aromatic nitrogens is 2. The van der Waals surface area contributed by atoms with E-state index in [1.165, 1.54) is 11.1 Å². The molecule has 0 bridgehead atoms. The van der Waals surface area contributed by atoms with Crippen LogP contribution in [0, 0.1) is 0 Å². The van der Waals surface area contributed by atoms with Gasteiger partial charge in [-0.15, -0.1) is 0 Å². The van der Waals surface area contributed by atoms with Gasteiger partial charge in [-0.3, -0.25) is 9.80 Å². The van der Waals surface area contributed by atoms with Gasteiger partial charge < -0.3 is 5.11 Å². The molecule has 0 amide bonds. The summed E-state index contributed by atoms with van der Waals surface area (Å²) < 4.78 is 1.87. The van der Waals surface area contributed by atoms with Crippen LogP contribution < -0.4 is 0 Å². The molecule has 1 saturated heterocycles. The molecule has 29 heavy (non-hydrogen) atoms. The molecule has 0 radical (unpaired) electrons. The molecule has 0 saturated carbocycles. The maximum atomic E-state index is 9.56. The zero-order valence-electron chi connectivity index (χ0n) is 16.5. The van der Waals surface area contributed by atoms with Crippen molar-refractivity contribution >= 4 is 11.6 Å². The number of rotatable bonds is 7. The first-order chi connectivity index (χ1) is 14.2. The molecule has 3 aromatic rings. The van der Waals surface area contributed by atoms with Crippen molar-refractivity contribution in [3.8, 4) is 5.69 Å². The summed E-state index contributed by atoms with van der Waals surface area (Å²) in [5, 5.41) is 14.8. The van der Waals surface area contributed by atoms with Crippen LogP contribution in [0.25, 0.3) is 5.69 Å². The second kappa shape index (κ2) is 9.55. The van der Waals surface area contributed by atoms with Gasteiger partial charge in [0.05, 0.1) is 11.9 Å². The fourth-order valence-electron chi connectivity index (χ4n) is 4.01. The predicted molar refractivity (Wildman–Crippen MR) is 116 cm³/mol. The van der Waals surface area contributed by atoms with E-state index in [1.54, 1.807) is 0 Å². The molecule has 0 unspecified atom stereocenters. The van der Waals surface area contributed by atoms with Crippen molar-refractivity contribution < 1.29 is 5.11 Å². The zero-order chi connectivity index (χ0) is 20.1. The van der Waals surface area contributed by atoms with Gasteiger partial charge in [0.2, 0.25) is 0 Å². The molecular weight excluding hydrogens is 384 g/mol. The molecule has 2 aromatic carbocycles. The average Bonchev–Trinajstić information content (AvgIpc) is 3.19. The van der Waals surface area contributed by atoms with Crippen molar-refractivity contribution in [1.82, 2.24) is 19.6 Å². The van der Waals surface area contributed by atoms with Crippen molar-refractivity contribution in [3.63, 3.8) is 0 Å². The third-order valence-corrected chi connectivity index (χ3v) is 5.73. The third-order valence-electron chi connectivity index (χ3n) is 5.49. The van der Waals surface area contributed by atoms with Crippen molar-refractivity contribution in [3.05, 3.63) is 83.1 Å². The van der Waals surface area contributed by atoms with E-state index in [4.69, 9.17) is 11.6 Å². The Labute approximate surface area is 177 Å². The second-order valence-corrected chi connectivity index (χ2v) is 8.07. The van der Waals surface area contributed by atoms with E-state index in [9.17, 15) is 5.11 Å². The first kappa shape index (κ1) is 20.1. The molecule has 0 spiro atoms. The second-order valence-electron chi connectivity index (χ2n) is 7.63. The summed E-state index contributed by atoms with van der Waals surface area (Å²) in [5.41, 5.74) is 3.48. The lowest BCUT2D eigenvalue weighted by molar-refractivity contribution is 0.0500. The van der Waals surface area contributed by atoms with Gasteiger partial charge in [-0.2, -0.15) is 5.10 Å². The maximum absolute atomic E-state index is 9.56. The minimum atomic E-state index is 0.219. The number of hydrogen-bond donors (Lipinski definition) is 1. The van der Waals surface area contributed by atoms with Crippen LogP contribution >= 0.6 is 11.6 Å². The molecule has 1 atom stereocenters. The molecule has 152 valence electrons. The summed E-state index contributed by atoms with van der Waals surface area (Å²) in [6.07, 6.45) is 4.80. The minimum absolute atomic E-state index is 0.219. The van der Waals surface area contributed by atoms with Gasteiger partial charge in [0, 0.05) is 62.2 Å². The smallest absolute Gasteiger partial charge is 0.0660 e. The highest BCUT2D eigenvalue weighted by atomic mass is 35.5. The number of aliphatic hydroxyl groups is 1. The molecular formula is C23H27ClN4O. The van der Waals surface area contributed by atoms with E-state index in [1.807, 2.05) is 35.1 Å². The maximum Gasteiger partial charge on any atom is 0.0660 e. The summed E-state index contributed by atoms with van der Waals surface area (Å²) in [6.45, 7) is 4.99. The van der Waals surface area contributed by atoms with Crippen LogP contribution in [0.3, 0.4) is 0 Å². The Morgan fingerprint density at radius 3 is 2.66 bits per heavy atom. The Morgan fingerprint density at radius 2 is 1.86 bits per heavy atom. The Balaban J connectivity index is 1.39. The van der Waals surface area contributed by atoms with E-state index >= 15 is 0 Å². The quantitative estimate of drug-likeness (QED) is 0.646. The summed E-state index contributed by atoms with van der Waals surface area (Å²) in [4.78, 5) is 4.96. The molecule has 4 rings (SSSR count). The SMILES string of the molecule is OCC[C@@H]1CN(Cc2cnn(-c3cccc(Cl)c3)c2)CCN1Cc1ccccc1. The van der Waals surface area contributed by atoms with Gasteiger partial charge in [0.15, 0.2) is 0 Å². The topological polar surface area (TPSA) is 44.5 Å². The number of hydrogen-bond acceptors (Lipinski definition) is 4. The van der Waals surface area contributed by atoms with Crippen LogP contribution in [0.1, 0.15) is 17.5 Å². The number of piperazine rings is 1. The van der Waals surface area contributed by atoms with Crippen molar-refractivity contribution in [1.29, 1.82) is 0 Å². The first-order valence-electron chi connectivity index (χ1n) is 10.1. The van der Waals surface area contributed by atoms with Crippen LogP contribution in [0.4, 0.5) is 0 Å². The van der Waals surface area contributed by atoms with Gasteiger partial charge in [-0.05, 0) is 30.2 Å². The molecule has 2 heterocycles. The van der Waals surface area contributed by atoms with Gasteiger partial charge >= 0.3 is 0 Å². The third kappa shape index (κ3) is 5.25. The highest BCUT2D eigenvalue weighted by Gasteiger charge is 2.26. The van der Waals surface area contributed by atoms with E-state index in [0.29, 0.717) is 11.1 Å². The van der Waals surface area contributed by atoms with Crippen molar-refractivity contribution in [2.75, 3.05) is 26.2 Å². The molecule has 1 N–H and O–H groups in total. The molecule has 1 fully saturated rings. The summed E-state index contributed by atoms with van der Waals surface area (Å²) in [6, 6.07) is 18.7. The number of nitrogens with zero attached hydrogens (tertiary/aromatic N) is 4. The van der Waals surface area contributed by atoms with Gasteiger partial charge in [-0.1, -0.05) is 48.0 Å². The summed E-state index contributed by atoms with van der Waals surface area (Å²) in [5.74, 6) is 0. The molecule has 0 aliphatic carbocycles. The van der Waals surface area contributed by atoms with Crippen molar-refractivity contribution in [2.24, 2.45) is 0 Å². The number of aliphatic hydroxyl groups excluding tert-OH is 1. The van der Waals surface area contributed by atoms with Crippen molar-refractivity contribution in [2.45, 2.75) is 25.6 Å². The molecule has 1 aliphatic rings. The van der Waals surface area contributed by atoms with E-state index < -0.39 is 0 Å². The van der Waals surface area contributed by atoms with E-state index in [0.717, 1.165) is 44.8 Å². The number of benzene rings is 2. The fraction of sp³-hybridized carbons (Fsp3) is 0.348. The van der Waals surface area contributed by atoms with Crippen LogP contribution in [0.5, 0.6) is 0 Å². The van der Waals surface area contributed by atoms with Gasteiger partial charge in [0.25, 0.3) is 0 Å². The largest absolute Gasteiger partial charge is 0.396 e.